The molecule has 0 saturated carbocycles. The zero-order valence-electron chi connectivity index (χ0n) is 12.1. The molecule has 3 heterocycles. The van der Waals surface area contributed by atoms with Gasteiger partial charge in [0, 0.05) is 12.8 Å². The number of hydrogen-bond donors (Lipinski definition) is 2. The van der Waals surface area contributed by atoms with Crippen LogP contribution in [0.25, 0.3) is 0 Å². The second-order valence-corrected chi connectivity index (χ2v) is 7.54. The van der Waals surface area contributed by atoms with Crippen LogP contribution in [-0.2, 0) is 4.74 Å². The van der Waals surface area contributed by atoms with Crippen LogP contribution in [0.15, 0.2) is 18.3 Å². The van der Waals surface area contributed by atoms with E-state index >= 15 is 0 Å². The summed E-state index contributed by atoms with van der Waals surface area (Å²) in [5.41, 5.74) is 3.84. The Morgan fingerprint density at radius 3 is 3.00 bits per heavy atom. The molecule has 6 heteroatoms. The molecule has 1 spiro atoms. The van der Waals surface area contributed by atoms with Gasteiger partial charge in [-0.2, -0.15) is 11.8 Å². The maximum atomic E-state index is 6.30. The van der Waals surface area contributed by atoms with E-state index in [-0.39, 0.29) is 11.6 Å². The minimum absolute atomic E-state index is 0.00551. The van der Waals surface area contributed by atoms with Gasteiger partial charge in [0.25, 0.3) is 0 Å². The fraction of sp³-hybridized carbons (Fsp3) is 0.667. The molecule has 1 aromatic rings. The third-order valence-electron chi connectivity index (χ3n) is 4.67. The van der Waals surface area contributed by atoms with Crippen molar-refractivity contribution in [3.8, 4) is 0 Å². The highest BCUT2D eigenvalue weighted by molar-refractivity contribution is 7.99. The fourth-order valence-electron chi connectivity index (χ4n) is 3.51. The first kappa shape index (κ1) is 15.6. The van der Waals surface area contributed by atoms with Crippen molar-refractivity contribution < 1.29 is 4.74 Å². The Hall–Kier alpha value is -0.330. The summed E-state index contributed by atoms with van der Waals surface area (Å²) in [7, 11) is 0. The summed E-state index contributed by atoms with van der Waals surface area (Å²) in [6.07, 6.45) is 6.09. The van der Waals surface area contributed by atoms with Gasteiger partial charge >= 0.3 is 0 Å². The van der Waals surface area contributed by atoms with Crippen molar-refractivity contribution in [2.75, 3.05) is 18.1 Å². The minimum atomic E-state index is -0.00551. The molecule has 116 valence electrons. The normalized spacial score (nSPS) is 26.7. The van der Waals surface area contributed by atoms with Crippen molar-refractivity contribution in [1.82, 2.24) is 10.4 Å². The van der Waals surface area contributed by atoms with E-state index in [9.17, 15) is 0 Å². The number of nitrogens with one attached hydrogen (secondary N) is 1. The summed E-state index contributed by atoms with van der Waals surface area (Å²) >= 11 is 8.32. The van der Waals surface area contributed by atoms with Gasteiger partial charge in [-0.05, 0) is 55.2 Å². The SMILES string of the molecule is NNC(c1ncccc1Cl)C1CCOC2(CCSCC2)C1. The van der Waals surface area contributed by atoms with Gasteiger partial charge in [0.2, 0.25) is 0 Å². The number of nitrogens with zero attached hydrogens (tertiary/aromatic N) is 1. The van der Waals surface area contributed by atoms with Crippen molar-refractivity contribution in [2.24, 2.45) is 11.8 Å². The van der Waals surface area contributed by atoms with Crippen molar-refractivity contribution in [3.05, 3.63) is 29.0 Å². The number of aromatic nitrogens is 1. The zero-order chi connectivity index (χ0) is 14.7. The summed E-state index contributed by atoms with van der Waals surface area (Å²) in [5.74, 6) is 8.63. The van der Waals surface area contributed by atoms with E-state index in [1.807, 2.05) is 23.9 Å². The third kappa shape index (κ3) is 3.37. The lowest BCUT2D eigenvalue weighted by atomic mass is 9.78. The Balaban J connectivity index is 1.79. The summed E-state index contributed by atoms with van der Waals surface area (Å²) in [6, 6.07) is 3.72. The molecule has 1 aromatic heterocycles. The predicted molar refractivity (Wildman–Crippen MR) is 87.3 cm³/mol. The average molecular weight is 328 g/mol. The molecule has 2 atom stereocenters. The molecule has 2 saturated heterocycles. The standard InChI is InChI=1S/C15H22ClN3OS/c16-12-2-1-6-18-14(12)13(19-17)11-3-7-20-15(10-11)4-8-21-9-5-15/h1-2,6,11,13,19H,3-5,7-10,17H2. The Morgan fingerprint density at radius 2 is 2.29 bits per heavy atom. The van der Waals surface area contributed by atoms with E-state index in [4.69, 9.17) is 22.2 Å². The smallest absolute Gasteiger partial charge is 0.0775 e. The molecule has 0 aromatic carbocycles. The van der Waals surface area contributed by atoms with Crippen LogP contribution < -0.4 is 11.3 Å². The minimum Gasteiger partial charge on any atom is -0.375 e. The number of hydrazine groups is 1. The van der Waals surface area contributed by atoms with E-state index in [1.165, 1.54) is 11.5 Å². The molecule has 0 amide bonds. The van der Waals surface area contributed by atoms with Gasteiger partial charge in [0.05, 0.1) is 22.4 Å². The third-order valence-corrected chi connectivity index (χ3v) is 5.97. The van der Waals surface area contributed by atoms with Gasteiger partial charge in [-0.15, -0.1) is 0 Å². The van der Waals surface area contributed by atoms with Crippen LogP contribution in [0.5, 0.6) is 0 Å². The number of nitrogens with two attached hydrogens (primary N) is 1. The van der Waals surface area contributed by atoms with Gasteiger partial charge in [-0.1, -0.05) is 11.6 Å². The molecule has 3 rings (SSSR count). The lowest BCUT2D eigenvalue weighted by Crippen LogP contribution is -2.47. The first-order chi connectivity index (χ1) is 10.2. The molecule has 0 aliphatic carbocycles. The monoisotopic (exact) mass is 327 g/mol. The van der Waals surface area contributed by atoms with Crippen LogP contribution in [0, 0.1) is 5.92 Å². The van der Waals surface area contributed by atoms with Crippen LogP contribution >= 0.6 is 23.4 Å². The molecule has 0 bridgehead atoms. The highest BCUT2D eigenvalue weighted by Gasteiger charge is 2.41. The number of thioether (sulfide) groups is 1. The number of halogens is 1. The quantitative estimate of drug-likeness (QED) is 0.660. The largest absolute Gasteiger partial charge is 0.375 e. The van der Waals surface area contributed by atoms with Crippen LogP contribution in [0.2, 0.25) is 5.02 Å². The summed E-state index contributed by atoms with van der Waals surface area (Å²) < 4.78 is 6.16. The lowest BCUT2D eigenvalue weighted by molar-refractivity contribution is -0.107. The Morgan fingerprint density at radius 1 is 1.48 bits per heavy atom. The van der Waals surface area contributed by atoms with Gasteiger partial charge in [0.1, 0.15) is 0 Å². The van der Waals surface area contributed by atoms with Crippen molar-refractivity contribution in [3.63, 3.8) is 0 Å². The van der Waals surface area contributed by atoms with Crippen molar-refractivity contribution >= 4 is 23.4 Å². The predicted octanol–water partition coefficient (Wildman–Crippen LogP) is 2.93. The maximum Gasteiger partial charge on any atom is 0.0775 e. The number of ether oxygens (including phenoxy) is 1. The average Bonchev–Trinajstić information content (AvgIpc) is 2.51. The van der Waals surface area contributed by atoms with E-state index in [2.05, 4.69) is 10.4 Å². The molecule has 4 nitrogen and oxygen atoms in total. The summed E-state index contributed by atoms with van der Waals surface area (Å²) in [6.45, 7) is 0.804. The molecule has 2 aliphatic rings. The molecule has 21 heavy (non-hydrogen) atoms. The molecule has 2 aliphatic heterocycles. The number of hydrogen-bond acceptors (Lipinski definition) is 5. The van der Waals surface area contributed by atoms with Crippen molar-refractivity contribution in [1.29, 1.82) is 0 Å². The fourth-order valence-corrected chi connectivity index (χ4v) is 4.98. The summed E-state index contributed by atoms with van der Waals surface area (Å²) in [4.78, 5) is 4.44. The van der Waals surface area contributed by atoms with E-state index in [1.54, 1.807) is 6.20 Å². The number of rotatable bonds is 3. The van der Waals surface area contributed by atoms with E-state index in [0.29, 0.717) is 10.9 Å². The topological polar surface area (TPSA) is 60.2 Å². The highest BCUT2D eigenvalue weighted by Crippen LogP contribution is 2.43. The van der Waals surface area contributed by atoms with Crippen LogP contribution in [0.4, 0.5) is 0 Å². The second-order valence-electron chi connectivity index (χ2n) is 5.91. The Kier molecular flexibility index (Phi) is 5.07. The first-order valence-corrected chi connectivity index (χ1v) is 9.06. The first-order valence-electron chi connectivity index (χ1n) is 7.52. The van der Waals surface area contributed by atoms with Crippen molar-refractivity contribution in [2.45, 2.75) is 37.3 Å². The zero-order valence-corrected chi connectivity index (χ0v) is 13.6. The highest BCUT2D eigenvalue weighted by atomic mass is 35.5. The second kappa shape index (κ2) is 6.84. The van der Waals surface area contributed by atoms with Gasteiger partial charge in [0.15, 0.2) is 0 Å². The molecular weight excluding hydrogens is 306 g/mol. The van der Waals surface area contributed by atoms with Gasteiger partial charge in [-0.25, -0.2) is 0 Å². The molecular formula is C15H22ClN3OS. The Labute approximate surface area is 135 Å². The molecule has 2 fully saturated rings. The summed E-state index contributed by atoms with van der Waals surface area (Å²) in [5, 5.41) is 0.681. The van der Waals surface area contributed by atoms with Gasteiger partial charge < -0.3 is 4.74 Å². The maximum absolute atomic E-state index is 6.30. The molecule has 3 N–H and O–H groups in total. The van der Waals surface area contributed by atoms with Crippen LogP contribution in [0.3, 0.4) is 0 Å². The molecule has 2 unspecified atom stereocenters. The van der Waals surface area contributed by atoms with E-state index < -0.39 is 0 Å². The molecule has 0 radical (unpaired) electrons. The van der Waals surface area contributed by atoms with Crippen LogP contribution in [0.1, 0.15) is 37.4 Å². The Bertz CT molecular complexity index is 476. The van der Waals surface area contributed by atoms with Crippen LogP contribution in [-0.4, -0.2) is 28.7 Å². The van der Waals surface area contributed by atoms with E-state index in [0.717, 1.165) is 38.0 Å². The lowest BCUT2D eigenvalue weighted by Gasteiger charge is -2.45. The number of pyridine rings is 1. The van der Waals surface area contributed by atoms with Gasteiger partial charge in [-0.3, -0.25) is 16.3 Å².